The first-order valence-corrected chi connectivity index (χ1v) is 9.53. The predicted molar refractivity (Wildman–Crippen MR) is 101 cm³/mol. The minimum atomic E-state index is -0.225. The Hall–Kier alpha value is -2.33. The summed E-state index contributed by atoms with van der Waals surface area (Å²) >= 11 is 0. The average molecular weight is 350 g/mol. The molecule has 134 valence electrons. The van der Waals surface area contributed by atoms with Crippen molar-refractivity contribution in [3.8, 4) is 5.75 Å². The number of aromatic amines is 1. The van der Waals surface area contributed by atoms with E-state index in [1.807, 2.05) is 0 Å². The molecule has 3 heterocycles. The van der Waals surface area contributed by atoms with Crippen molar-refractivity contribution in [1.29, 1.82) is 0 Å². The van der Waals surface area contributed by atoms with Crippen LogP contribution in [0.1, 0.15) is 36.6 Å². The maximum Gasteiger partial charge on any atom is 0.123 e. The molecule has 3 nitrogen and oxygen atoms in total. The largest absolute Gasteiger partial charge is 0.494 e. The molecule has 2 bridgehead atoms. The van der Waals surface area contributed by atoms with E-state index in [4.69, 9.17) is 4.74 Å². The fourth-order valence-electron chi connectivity index (χ4n) is 4.77. The zero-order chi connectivity index (χ0) is 17.5. The van der Waals surface area contributed by atoms with Crippen molar-refractivity contribution in [2.45, 2.75) is 37.8 Å². The lowest BCUT2D eigenvalue weighted by Gasteiger charge is -2.35. The maximum absolute atomic E-state index is 13.0. The van der Waals surface area contributed by atoms with Gasteiger partial charge in [0.1, 0.15) is 11.6 Å². The number of fused-ring (bicyclic) bond motifs is 6. The first-order chi connectivity index (χ1) is 12.8. The summed E-state index contributed by atoms with van der Waals surface area (Å²) in [5.41, 5.74) is 4.23. The minimum Gasteiger partial charge on any atom is -0.494 e. The lowest BCUT2D eigenvalue weighted by Crippen LogP contribution is -2.38. The molecule has 2 atom stereocenters. The van der Waals surface area contributed by atoms with Gasteiger partial charge in [0.2, 0.25) is 0 Å². The van der Waals surface area contributed by atoms with E-state index < -0.39 is 0 Å². The molecular weight excluding hydrogens is 327 g/mol. The Kier molecular flexibility index (Phi) is 3.93. The molecule has 0 amide bonds. The molecule has 0 unspecified atom stereocenters. The number of aromatic nitrogens is 1. The highest BCUT2D eigenvalue weighted by molar-refractivity contribution is 5.85. The van der Waals surface area contributed by atoms with E-state index in [1.165, 1.54) is 47.1 Å². The van der Waals surface area contributed by atoms with Gasteiger partial charge in [-0.3, -0.25) is 4.90 Å². The average Bonchev–Trinajstić information content (AvgIpc) is 3.16. The quantitative estimate of drug-likeness (QED) is 0.667. The van der Waals surface area contributed by atoms with Crippen LogP contribution in [0.15, 0.2) is 48.5 Å². The molecule has 2 aromatic carbocycles. The zero-order valence-electron chi connectivity index (χ0n) is 14.7. The molecule has 1 fully saturated rings. The highest BCUT2D eigenvalue weighted by atomic mass is 19.1. The molecule has 2 aliphatic rings. The van der Waals surface area contributed by atoms with Gasteiger partial charge in [-0.15, -0.1) is 0 Å². The summed E-state index contributed by atoms with van der Waals surface area (Å²) in [5.74, 6) is 0.517. The van der Waals surface area contributed by atoms with E-state index in [-0.39, 0.29) is 5.82 Å². The summed E-state index contributed by atoms with van der Waals surface area (Å²) in [6.45, 7) is 1.72. The van der Waals surface area contributed by atoms with Gasteiger partial charge in [-0.25, -0.2) is 4.39 Å². The minimum absolute atomic E-state index is 0.225. The van der Waals surface area contributed by atoms with Crippen LogP contribution in [0.5, 0.6) is 5.75 Å². The van der Waals surface area contributed by atoms with Gasteiger partial charge in [0, 0.05) is 41.6 Å². The van der Waals surface area contributed by atoms with Gasteiger partial charge in [-0.1, -0.05) is 18.2 Å². The molecule has 0 aliphatic carbocycles. The van der Waals surface area contributed by atoms with Crippen molar-refractivity contribution in [1.82, 2.24) is 9.88 Å². The van der Waals surface area contributed by atoms with E-state index >= 15 is 0 Å². The number of ether oxygens (including phenoxy) is 1. The van der Waals surface area contributed by atoms with Crippen molar-refractivity contribution >= 4 is 10.9 Å². The van der Waals surface area contributed by atoms with Crippen LogP contribution in [0.3, 0.4) is 0 Å². The topological polar surface area (TPSA) is 28.3 Å². The summed E-state index contributed by atoms with van der Waals surface area (Å²) in [4.78, 5) is 6.33. The summed E-state index contributed by atoms with van der Waals surface area (Å²) in [6.07, 6.45) is 4.64. The van der Waals surface area contributed by atoms with Crippen LogP contribution in [0.2, 0.25) is 0 Å². The highest BCUT2D eigenvalue weighted by Crippen LogP contribution is 2.46. The molecular formula is C22H23FN2O. The first kappa shape index (κ1) is 15.9. The van der Waals surface area contributed by atoms with E-state index in [1.54, 1.807) is 12.1 Å². The Labute approximate surface area is 152 Å². The normalized spacial score (nSPS) is 21.9. The number of nitrogens with one attached hydrogen (secondary N) is 1. The predicted octanol–water partition coefficient (Wildman–Crippen LogP) is 4.84. The second kappa shape index (κ2) is 6.44. The van der Waals surface area contributed by atoms with Crippen LogP contribution in [0.4, 0.5) is 4.39 Å². The number of benzene rings is 2. The van der Waals surface area contributed by atoms with Gasteiger partial charge in [-0.05, 0) is 55.2 Å². The molecule has 3 aromatic rings. The van der Waals surface area contributed by atoms with Crippen LogP contribution in [0, 0.1) is 5.82 Å². The first-order valence-electron chi connectivity index (χ1n) is 9.53. The molecule has 4 heteroatoms. The third-order valence-corrected chi connectivity index (χ3v) is 5.89. The van der Waals surface area contributed by atoms with Crippen molar-refractivity contribution in [3.63, 3.8) is 0 Å². The van der Waals surface area contributed by atoms with Crippen LogP contribution >= 0.6 is 0 Å². The number of hydrogen-bond acceptors (Lipinski definition) is 2. The molecule has 5 rings (SSSR count). The number of hydrogen-bond donors (Lipinski definition) is 1. The van der Waals surface area contributed by atoms with E-state index in [0.29, 0.717) is 18.7 Å². The molecule has 2 aliphatic heterocycles. The van der Waals surface area contributed by atoms with Gasteiger partial charge in [0.05, 0.1) is 6.61 Å². The number of H-pyrrole nitrogens is 1. The third-order valence-electron chi connectivity index (χ3n) is 5.89. The molecule has 0 saturated carbocycles. The van der Waals surface area contributed by atoms with Gasteiger partial charge in [0.25, 0.3) is 0 Å². The Morgan fingerprint density at radius 2 is 1.92 bits per heavy atom. The Bertz CT molecular complexity index is 918. The summed E-state index contributed by atoms with van der Waals surface area (Å²) in [7, 11) is 0. The highest BCUT2D eigenvalue weighted by Gasteiger charge is 2.41. The van der Waals surface area contributed by atoms with Crippen LogP contribution < -0.4 is 4.74 Å². The molecule has 0 spiro atoms. The van der Waals surface area contributed by atoms with Crippen molar-refractivity contribution in [2.24, 2.45) is 0 Å². The van der Waals surface area contributed by atoms with Gasteiger partial charge >= 0.3 is 0 Å². The monoisotopic (exact) mass is 350 g/mol. The number of halogens is 1. The number of para-hydroxylation sites is 1. The molecule has 26 heavy (non-hydrogen) atoms. The molecule has 1 saturated heterocycles. The fraction of sp³-hybridized carbons (Fsp3) is 0.364. The third kappa shape index (κ3) is 2.69. The molecule has 0 radical (unpaired) electrons. The van der Waals surface area contributed by atoms with E-state index in [9.17, 15) is 4.39 Å². The summed E-state index contributed by atoms with van der Waals surface area (Å²) < 4.78 is 18.7. The molecule has 1 aromatic heterocycles. The number of rotatable bonds is 5. The second-order valence-corrected chi connectivity index (χ2v) is 7.41. The maximum atomic E-state index is 13.0. The van der Waals surface area contributed by atoms with Gasteiger partial charge < -0.3 is 9.72 Å². The van der Waals surface area contributed by atoms with Gasteiger partial charge in [0.15, 0.2) is 0 Å². The van der Waals surface area contributed by atoms with Crippen LogP contribution in [0.25, 0.3) is 10.9 Å². The standard InChI is InChI=1S/C22H23FN2O/c23-15-6-9-17(10-7-15)26-13-3-12-25-16-8-11-21(25)22-18-4-1-2-5-19(18)24-20(22)14-16/h1-2,4-7,9-10,16,21,24H,3,8,11-14H2/t16-,21+/m0/s1. The lowest BCUT2D eigenvalue weighted by molar-refractivity contribution is 0.162. The van der Waals surface area contributed by atoms with Crippen molar-refractivity contribution in [3.05, 3.63) is 65.6 Å². The van der Waals surface area contributed by atoms with E-state index in [2.05, 4.69) is 34.1 Å². The summed E-state index contributed by atoms with van der Waals surface area (Å²) in [6, 6.07) is 16.1. The smallest absolute Gasteiger partial charge is 0.123 e. The molecule has 1 N–H and O–H groups in total. The summed E-state index contributed by atoms with van der Waals surface area (Å²) in [5, 5.41) is 1.39. The zero-order valence-corrected chi connectivity index (χ0v) is 14.7. The fourth-order valence-corrected chi connectivity index (χ4v) is 4.77. The van der Waals surface area contributed by atoms with Crippen LogP contribution in [-0.4, -0.2) is 29.1 Å². The van der Waals surface area contributed by atoms with Gasteiger partial charge in [-0.2, -0.15) is 0 Å². The Morgan fingerprint density at radius 1 is 1.08 bits per heavy atom. The number of nitrogens with zero attached hydrogens (tertiary/aromatic N) is 1. The Morgan fingerprint density at radius 3 is 2.81 bits per heavy atom. The SMILES string of the molecule is Fc1ccc(OCCCN2[C@H]3CC[C@@H]2c2c([nH]c4ccccc24)C3)cc1. The lowest BCUT2D eigenvalue weighted by atomic mass is 9.97. The van der Waals surface area contributed by atoms with E-state index in [0.717, 1.165) is 25.1 Å². The second-order valence-electron chi connectivity index (χ2n) is 7.41. The van der Waals surface area contributed by atoms with Crippen molar-refractivity contribution < 1.29 is 9.13 Å². The van der Waals surface area contributed by atoms with Crippen LogP contribution in [-0.2, 0) is 6.42 Å². The van der Waals surface area contributed by atoms with Crippen molar-refractivity contribution in [2.75, 3.05) is 13.2 Å². The Balaban J connectivity index is 1.27.